The number of aromatic nitrogens is 1. The summed E-state index contributed by atoms with van der Waals surface area (Å²) in [4.78, 5) is 7.16. The maximum absolute atomic E-state index is 6.36. The Balaban J connectivity index is 1.14. The van der Waals surface area contributed by atoms with Gasteiger partial charge in [0, 0.05) is 41.6 Å². The first kappa shape index (κ1) is 28.1. The number of hydrogen-bond acceptors (Lipinski definition) is 6. The molecule has 0 aliphatic carbocycles. The topological polar surface area (TPSA) is 55.9 Å². The zero-order valence-corrected chi connectivity index (χ0v) is 25.1. The van der Waals surface area contributed by atoms with Crippen molar-refractivity contribution in [3.05, 3.63) is 91.1 Å². The minimum Gasteiger partial charge on any atom is -0.493 e. The first-order valence-electron chi connectivity index (χ1n) is 14.9. The van der Waals surface area contributed by atoms with Crippen LogP contribution in [0.1, 0.15) is 39.2 Å². The lowest BCUT2D eigenvalue weighted by atomic mass is 9.76. The highest BCUT2D eigenvalue weighted by Crippen LogP contribution is 2.40. The van der Waals surface area contributed by atoms with E-state index in [1.54, 1.807) is 13.3 Å². The largest absolute Gasteiger partial charge is 0.493 e. The summed E-state index contributed by atoms with van der Waals surface area (Å²) >= 11 is 0. The van der Waals surface area contributed by atoms with Gasteiger partial charge in [0.1, 0.15) is 18.1 Å². The van der Waals surface area contributed by atoms with Crippen molar-refractivity contribution in [2.45, 2.75) is 45.1 Å². The van der Waals surface area contributed by atoms with E-state index in [-0.39, 0.29) is 5.41 Å². The average Bonchev–Trinajstić information content (AvgIpc) is 3.00. The second-order valence-corrected chi connectivity index (χ2v) is 12.6. The summed E-state index contributed by atoms with van der Waals surface area (Å²) < 4.78 is 18.4. The molecule has 0 radical (unpaired) electrons. The van der Waals surface area contributed by atoms with Crippen molar-refractivity contribution >= 4 is 22.3 Å². The smallest absolute Gasteiger partial charge is 0.163 e. The number of benzene rings is 3. The van der Waals surface area contributed by atoms with Crippen molar-refractivity contribution in [3.63, 3.8) is 0 Å². The molecule has 3 aliphatic rings. The van der Waals surface area contributed by atoms with Crippen molar-refractivity contribution in [1.82, 2.24) is 9.88 Å². The van der Waals surface area contributed by atoms with Gasteiger partial charge in [-0.05, 0) is 90.7 Å². The summed E-state index contributed by atoms with van der Waals surface area (Å²) in [6, 6.07) is 22.8. The van der Waals surface area contributed by atoms with Crippen molar-refractivity contribution < 1.29 is 14.2 Å². The summed E-state index contributed by atoms with van der Waals surface area (Å²) in [6.45, 7) is 13.6. The van der Waals surface area contributed by atoms with Gasteiger partial charge >= 0.3 is 0 Å². The molecule has 2 unspecified atom stereocenters. The van der Waals surface area contributed by atoms with Crippen LogP contribution in [0.5, 0.6) is 23.0 Å². The molecular formula is C36H41N3O3. The molecule has 3 fully saturated rings. The van der Waals surface area contributed by atoms with Gasteiger partial charge < -0.3 is 19.5 Å². The van der Waals surface area contributed by atoms with Crippen LogP contribution in [-0.4, -0.2) is 42.7 Å². The lowest BCUT2D eigenvalue weighted by Crippen LogP contribution is -2.54. The number of ether oxygens (including phenoxy) is 3. The monoisotopic (exact) mass is 563 g/mol. The number of nitrogens with zero attached hydrogens (tertiary/aromatic N) is 2. The third kappa shape index (κ3) is 5.95. The van der Waals surface area contributed by atoms with Gasteiger partial charge in [-0.1, -0.05) is 39.0 Å². The minimum absolute atomic E-state index is 0.135. The van der Waals surface area contributed by atoms with Gasteiger partial charge in [0.2, 0.25) is 0 Å². The normalized spacial score (nSPS) is 21.6. The molecule has 0 amide bonds. The lowest BCUT2D eigenvalue weighted by Gasteiger charge is -2.48. The fourth-order valence-electron chi connectivity index (χ4n) is 6.25. The molecule has 2 bridgehead atoms. The van der Waals surface area contributed by atoms with Gasteiger partial charge in [-0.15, -0.1) is 6.58 Å². The Morgan fingerprint density at radius 2 is 1.71 bits per heavy atom. The fraction of sp³-hybridized carbons (Fsp3) is 0.361. The Hall–Kier alpha value is -4.03. The molecule has 1 aromatic heterocycles. The fourth-order valence-corrected chi connectivity index (χ4v) is 6.25. The number of hydrogen-bond donors (Lipinski definition) is 1. The van der Waals surface area contributed by atoms with Gasteiger partial charge in [-0.2, -0.15) is 0 Å². The van der Waals surface area contributed by atoms with Crippen LogP contribution in [0.2, 0.25) is 0 Å². The number of fused-ring (bicyclic) bond motifs is 4. The van der Waals surface area contributed by atoms with E-state index in [9.17, 15) is 0 Å². The van der Waals surface area contributed by atoms with E-state index < -0.39 is 0 Å². The van der Waals surface area contributed by atoms with E-state index in [1.807, 2.05) is 42.5 Å². The number of nitrogens with one attached hydrogen (secondary N) is 1. The number of rotatable bonds is 9. The molecule has 4 heterocycles. The molecule has 6 nitrogen and oxygen atoms in total. The van der Waals surface area contributed by atoms with Gasteiger partial charge in [0.15, 0.2) is 11.5 Å². The lowest BCUT2D eigenvalue weighted by molar-refractivity contribution is -0.00179. The number of pyridine rings is 1. The Kier molecular flexibility index (Phi) is 7.82. The molecule has 218 valence electrons. The van der Waals surface area contributed by atoms with Crippen LogP contribution in [0.3, 0.4) is 0 Å². The second-order valence-electron chi connectivity index (χ2n) is 12.6. The highest BCUT2D eigenvalue weighted by Gasteiger charge is 2.39. The molecule has 6 heteroatoms. The standard InChI is InChI=1S/C36H41N3O3/c1-6-24-22-39-18-16-25(24)19-29(39)23-41-35-21-32-31(20-34(35)40-5)33(15-17-37-32)42-30-13-11-28(12-14-30)38-27-9-7-26(8-10-27)36(2,3)4/h6-15,17,20-21,24-25,29,38H,1,16,18-19,22-23H2,2-5H3/t24-,25?,29+/m0/s1. The van der Waals surface area contributed by atoms with Gasteiger partial charge in [0.25, 0.3) is 0 Å². The van der Waals surface area contributed by atoms with E-state index in [2.05, 4.69) is 72.9 Å². The summed E-state index contributed by atoms with van der Waals surface area (Å²) in [7, 11) is 1.67. The maximum Gasteiger partial charge on any atom is 0.163 e. The molecule has 7 rings (SSSR count). The van der Waals surface area contributed by atoms with Gasteiger partial charge in [-0.25, -0.2) is 0 Å². The van der Waals surface area contributed by atoms with E-state index in [1.165, 1.54) is 12.0 Å². The Morgan fingerprint density at radius 3 is 2.36 bits per heavy atom. The van der Waals surface area contributed by atoms with Gasteiger partial charge in [-0.3, -0.25) is 9.88 Å². The number of piperidine rings is 3. The quantitative estimate of drug-likeness (QED) is 0.207. The van der Waals surface area contributed by atoms with Crippen molar-refractivity contribution in [3.8, 4) is 23.0 Å². The van der Waals surface area contributed by atoms with E-state index >= 15 is 0 Å². The second kappa shape index (κ2) is 11.7. The zero-order chi connectivity index (χ0) is 29.3. The molecule has 3 aromatic carbocycles. The third-order valence-corrected chi connectivity index (χ3v) is 8.77. The summed E-state index contributed by atoms with van der Waals surface area (Å²) in [5.41, 5.74) is 4.30. The number of methoxy groups -OCH3 is 1. The summed E-state index contributed by atoms with van der Waals surface area (Å²) in [6.07, 6.45) is 6.31. The highest BCUT2D eigenvalue weighted by atomic mass is 16.5. The Morgan fingerprint density at radius 1 is 0.976 bits per heavy atom. The van der Waals surface area contributed by atoms with E-state index in [0.717, 1.165) is 53.3 Å². The van der Waals surface area contributed by atoms with Crippen molar-refractivity contribution in [2.24, 2.45) is 11.8 Å². The molecule has 3 saturated heterocycles. The van der Waals surface area contributed by atoms with Crippen LogP contribution in [0, 0.1) is 11.8 Å². The minimum atomic E-state index is 0.135. The van der Waals surface area contributed by atoms with Crippen LogP contribution >= 0.6 is 0 Å². The van der Waals surface area contributed by atoms with Crippen molar-refractivity contribution in [2.75, 3.05) is 32.1 Å². The van der Waals surface area contributed by atoms with E-state index in [4.69, 9.17) is 14.2 Å². The van der Waals surface area contributed by atoms with Crippen LogP contribution in [0.4, 0.5) is 11.4 Å². The first-order valence-corrected chi connectivity index (χ1v) is 14.9. The molecule has 0 saturated carbocycles. The van der Waals surface area contributed by atoms with Crippen LogP contribution in [0.15, 0.2) is 85.6 Å². The highest BCUT2D eigenvalue weighted by molar-refractivity contribution is 5.88. The van der Waals surface area contributed by atoms with Crippen LogP contribution < -0.4 is 19.5 Å². The third-order valence-electron chi connectivity index (χ3n) is 8.77. The van der Waals surface area contributed by atoms with Crippen LogP contribution in [0.25, 0.3) is 10.9 Å². The predicted octanol–water partition coefficient (Wildman–Crippen LogP) is 8.35. The zero-order valence-electron chi connectivity index (χ0n) is 25.1. The number of anilines is 2. The Bertz CT molecular complexity index is 1540. The van der Waals surface area contributed by atoms with Gasteiger partial charge in [0.05, 0.1) is 12.6 Å². The molecule has 4 atom stereocenters. The summed E-state index contributed by atoms with van der Waals surface area (Å²) in [5.74, 6) is 4.17. The molecule has 4 aromatic rings. The molecule has 0 spiro atoms. The summed E-state index contributed by atoms with van der Waals surface area (Å²) in [5, 5.41) is 4.34. The molecule has 42 heavy (non-hydrogen) atoms. The average molecular weight is 564 g/mol. The van der Waals surface area contributed by atoms with E-state index in [0.29, 0.717) is 36.0 Å². The van der Waals surface area contributed by atoms with Crippen LogP contribution in [-0.2, 0) is 5.41 Å². The molecule has 1 N–H and O–H groups in total. The first-order chi connectivity index (χ1) is 20.3. The maximum atomic E-state index is 6.36. The SMILES string of the molecule is C=C[C@H]1CN2CCC1C[C@@H]2COc1cc2nccc(Oc3ccc(Nc4ccc(C(C)(C)C)cc4)cc3)c2cc1OC. The molecule has 3 aliphatic heterocycles. The predicted molar refractivity (Wildman–Crippen MR) is 171 cm³/mol. The Labute approximate surface area is 249 Å². The molecular weight excluding hydrogens is 522 g/mol. The van der Waals surface area contributed by atoms with Crippen molar-refractivity contribution in [1.29, 1.82) is 0 Å².